The molecular weight excluding hydrogens is 248 g/mol. The van der Waals surface area contributed by atoms with Crippen molar-refractivity contribution < 1.29 is 18.3 Å². The maximum atomic E-state index is 11.6. The van der Waals surface area contributed by atoms with Crippen LogP contribution < -0.4 is 17.2 Å². The molecule has 1 aromatic carbocycles. The van der Waals surface area contributed by atoms with E-state index >= 15 is 0 Å². The zero-order valence-electron chi connectivity index (χ0n) is 8.49. The van der Waals surface area contributed by atoms with Gasteiger partial charge in [-0.15, -0.1) is 4.40 Å². The second kappa shape index (κ2) is 4.29. The van der Waals surface area contributed by atoms with Crippen LogP contribution in [0.3, 0.4) is 0 Å². The molecule has 0 radical (unpaired) electrons. The Labute approximate surface area is 96.8 Å². The molecule has 0 fully saturated rings. The van der Waals surface area contributed by atoms with E-state index in [2.05, 4.69) is 4.40 Å². The van der Waals surface area contributed by atoms with Crippen molar-refractivity contribution in [1.82, 2.24) is 0 Å². The van der Waals surface area contributed by atoms with E-state index in [1.165, 1.54) is 6.07 Å². The highest BCUT2D eigenvalue weighted by Gasteiger charge is 2.22. The Morgan fingerprint density at radius 1 is 1.29 bits per heavy atom. The van der Waals surface area contributed by atoms with E-state index in [9.17, 15) is 13.2 Å². The average molecular weight is 258 g/mol. The van der Waals surface area contributed by atoms with E-state index in [-0.39, 0.29) is 5.69 Å². The number of sulfonamides is 1. The van der Waals surface area contributed by atoms with Gasteiger partial charge in [0.15, 0.2) is 0 Å². The predicted octanol–water partition coefficient (Wildman–Crippen LogP) is -1.07. The van der Waals surface area contributed by atoms with Crippen LogP contribution in [0.2, 0.25) is 0 Å². The van der Waals surface area contributed by atoms with Gasteiger partial charge in [0.2, 0.25) is 5.96 Å². The Kier molecular flexibility index (Phi) is 3.23. The van der Waals surface area contributed by atoms with Gasteiger partial charge in [0.05, 0.1) is 5.56 Å². The van der Waals surface area contributed by atoms with Crippen molar-refractivity contribution in [3.8, 4) is 0 Å². The van der Waals surface area contributed by atoms with Gasteiger partial charge in [0.1, 0.15) is 4.90 Å². The minimum Gasteiger partial charge on any atom is -0.478 e. The lowest BCUT2D eigenvalue weighted by Crippen LogP contribution is -2.24. The molecule has 0 spiro atoms. The quantitative estimate of drug-likeness (QED) is 0.304. The normalized spacial score (nSPS) is 10.8. The van der Waals surface area contributed by atoms with Gasteiger partial charge in [-0.2, -0.15) is 8.42 Å². The average Bonchev–Trinajstić information content (AvgIpc) is 2.14. The highest BCUT2D eigenvalue weighted by atomic mass is 32.2. The van der Waals surface area contributed by atoms with E-state index in [1.807, 2.05) is 0 Å². The van der Waals surface area contributed by atoms with Gasteiger partial charge >= 0.3 is 5.97 Å². The number of carboxylic acid groups (broad SMARTS) is 1. The first-order valence-electron chi connectivity index (χ1n) is 4.23. The number of carbonyl (C=O) groups is 1. The van der Waals surface area contributed by atoms with E-state index in [4.69, 9.17) is 22.3 Å². The number of benzene rings is 1. The SMILES string of the molecule is NC(N)=NS(=O)(=O)c1ccc(N)cc1C(=O)O. The lowest BCUT2D eigenvalue weighted by molar-refractivity contribution is 0.0692. The largest absolute Gasteiger partial charge is 0.478 e. The molecule has 0 aliphatic heterocycles. The third-order valence-corrected chi connectivity index (χ3v) is 3.10. The Hall–Kier alpha value is -2.29. The summed E-state index contributed by atoms with van der Waals surface area (Å²) in [6, 6.07) is 3.28. The number of nitrogens with two attached hydrogens (primary N) is 3. The lowest BCUT2D eigenvalue weighted by atomic mass is 10.2. The van der Waals surface area contributed by atoms with Crippen LogP contribution >= 0.6 is 0 Å². The van der Waals surface area contributed by atoms with Gasteiger partial charge in [-0.3, -0.25) is 0 Å². The number of carboxylic acids is 1. The molecule has 0 bridgehead atoms. The van der Waals surface area contributed by atoms with Crippen LogP contribution in [0.15, 0.2) is 27.5 Å². The third kappa shape index (κ3) is 2.84. The van der Waals surface area contributed by atoms with Gasteiger partial charge in [-0.1, -0.05) is 0 Å². The number of rotatable bonds is 3. The molecule has 1 aromatic rings. The van der Waals surface area contributed by atoms with Crippen molar-refractivity contribution in [2.45, 2.75) is 4.90 Å². The third-order valence-electron chi connectivity index (χ3n) is 1.74. The molecule has 0 aromatic heterocycles. The zero-order chi connectivity index (χ0) is 13.2. The highest BCUT2D eigenvalue weighted by molar-refractivity contribution is 7.90. The second-order valence-corrected chi connectivity index (χ2v) is 4.62. The first-order chi connectivity index (χ1) is 7.74. The standard InChI is InChI=1S/C8H10N4O4S/c9-4-1-2-6(5(3-4)7(13)14)17(15,16)12-8(10)11/h1-3H,9H2,(H,13,14)(H4,10,11,12). The van der Waals surface area contributed by atoms with E-state index in [0.717, 1.165) is 12.1 Å². The van der Waals surface area contributed by atoms with Crippen molar-refractivity contribution in [2.24, 2.45) is 15.9 Å². The summed E-state index contributed by atoms with van der Waals surface area (Å²) >= 11 is 0. The van der Waals surface area contributed by atoms with Crippen molar-refractivity contribution in [2.75, 3.05) is 5.73 Å². The topological polar surface area (TPSA) is 162 Å². The summed E-state index contributed by atoms with van der Waals surface area (Å²) in [5.74, 6) is -2.13. The summed E-state index contributed by atoms with van der Waals surface area (Å²) < 4.78 is 26.2. The molecule has 92 valence electrons. The molecule has 0 aliphatic carbocycles. The van der Waals surface area contributed by atoms with Gasteiger partial charge in [-0.05, 0) is 18.2 Å². The minimum atomic E-state index is -4.25. The van der Waals surface area contributed by atoms with Crippen molar-refractivity contribution in [3.63, 3.8) is 0 Å². The first kappa shape index (κ1) is 12.8. The molecule has 0 amide bonds. The monoisotopic (exact) mass is 258 g/mol. The molecule has 0 atom stereocenters. The maximum absolute atomic E-state index is 11.6. The molecule has 0 saturated carbocycles. The molecule has 8 nitrogen and oxygen atoms in total. The minimum absolute atomic E-state index is 0.117. The van der Waals surface area contributed by atoms with Crippen molar-refractivity contribution in [3.05, 3.63) is 23.8 Å². The molecular formula is C8H10N4O4S. The van der Waals surface area contributed by atoms with Crippen LogP contribution in [0.5, 0.6) is 0 Å². The fourth-order valence-electron chi connectivity index (χ4n) is 1.13. The first-order valence-corrected chi connectivity index (χ1v) is 5.67. The summed E-state index contributed by atoms with van der Waals surface area (Å²) in [7, 11) is -4.25. The van der Waals surface area contributed by atoms with E-state index in [1.54, 1.807) is 0 Å². The molecule has 0 heterocycles. The number of guanidine groups is 1. The van der Waals surface area contributed by atoms with Crippen LogP contribution in [0, 0.1) is 0 Å². The smallest absolute Gasteiger partial charge is 0.337 e. The summed E-state index contributed by atoms with van der Waals surface area (Å²) in [6.45, 7) is 0. The summed E-state index contributed by atoms with van der Waals surface area (Å²) in [5, 5.41) is 8.86. The molecule has 1 rings (SSSR count). The molecule has 0 saturated heterocycles. The van der Waals surface area contributed by atoms with Gasteiger partial charge in [0, 0.05) is 5.69 Å². The highest BCUT2D eigenvalue weighted by Crippen LogP contribution is 2.20. The zero-order valence-corrected chi connectivity index (χ0v) is 9.31. The van der Waals surface area contributed by atoms with Crippen LogP contribution in [0.25, 0.3) is 0 Å². The number of aromatic carboxylic acids is 1. The lowest BCUT2D eigenvalue weighted by Gasteiger charge is -2.05. The van der Waals surface area contributed by atoms with Gasteiger partial charge in [-0.25, -0.2) is 4.79 Å². The van der Waals surface area contributed by atoms with Gasteiger partial charge in [0.25, 0.3) is 10.0 Å². The van der Waals surface area contributed by atoms with Crippen LogP contribution in [-0.2, 0) is 10.0 Å². The van der Waals surface area contributed by atoms with Crippen molar-refractivity contribution in [1.29, 1.82) is 0 Å². The second-order valence-electron chi connectivity index (χ2n) is 3.05. The summed E-state index contributed by atoms with van der Waals surface area (Å²) in [5.41, 5.74) is 14.9. The Bertz CT molecular complexity index is 590. The fraction of sp³-hybridized carbons (Fsp3) is 0. The Morgan fingerprint density at radius 3 is 2.35 bits per heavy atom. The molecule has 17 heavy (non-hydrogen) atoms. The predicted molar refractivity (Wildman–Crippen MR) is 60.8 cm³/mol. The molecule has 0 aliphatic rings. The molecule has 9 heteroatoms. The maximum Gasteiger partial charge on any atom is 0.337 e. The number of nitrogens with zero attached hydrogens (tertiary/aromatic N) is 1. The Balaban J connectivity index is 3.52. The number of nitrogen functional groups attached to an aromatic ring is 1. The van der Waals surface area contributed by atoms with Gasteiger partial charge < -0.3 is 22.3 Å². The van der Waals surface area contributed by atoms with Crippen LogP contribution in [0.4, 0.5) is 5.69 Å². The molecule has 7 N–H and O–H groups in total. The van der Waals surface area contributed by atoms with E-state index in [0.29, 0.717) is 0 Å². The summed E-state index contributed by atoms with van der Waals surface area (Å²) in [6.07, 6.45) is 0. The molecule has 0 unspecified atom stereocenters. The van der Waals surface area contributed by atoms with Crippen molar-refractivity contribution >= 4 is 27.6 Å². The van der Waals surface area contributed by atoms with Crippen LogP contribution in [0.1, 0.15) is 10.4 Å². The fourth-order valence-corrected chi connectivity index (χ4v) is 2.17. The van der Waals surface area contributed by atoms with E-state index < -0.39 is 32.4 Å². The number of hydrogen-bond donors (Lipinski definition) is 4. The number of anilines is 1. The Morgan fingerprint density at radius 2 is 1.88 bits per heavy atom. The summed E-state index contributed by atoms with van der Waals surface area (Å²) in [4.78, 5) is 10.4. The van der Waals surface area contributed by atoms with Crippen LogP contribution in [-0.4, -0.2) is 25.5 Å². The number of hydrogen-bond acceptors (Lipinski definition) is 4.